The van der Waals surface area contributed by atoms with Crippen molar-refractivity contribution in [1.29, 1.82) is 0 Å². The van der Waals surface area contributed by atoms with E-state index in [0.29, 0.717) is 0 Å². The Balaban J connectivity index is 0.0000000982. The quantitative estimate of drug-likeness (QED) is 0.142. The SMILES string of the molecule is CCC1Cc2c1c1ccccc1c1ccccc21.CCC1Cc2cc3ccccc3cc21.CCC1Cc2ccc3ccccc3c21.CCC1Cc2ccccc21.CCC1Cc2cccnc21.CCC1Cc2ccncc21.CCC1Cc2cncnc21.CCC1Cc2ncc3ccccc3c21. The predicted octanol–water partition coefficient (Wildman–Crippen LogP) is 24.6. The summed E-state index contributed by atoms with van der Waals surface area (Å²) in [6, 6.07) is 68.1. The zero-order chi connectivity index (χ0) is 68.6. The standard InChI is InChI=1S/C18H16.2C14H14.C13H13N.C10H12.2C9H11N.C8H10N2/c1-2-12-11-17-15-9-4-3-7-13(15)14-8-5-6-10-16(14)18(12)17;1-2-10-7-13-8-11-5-3-4-6-12(11)9-14(10)13;1-2-10-9-12-8-7-11-5-3-4-6-13(11)14(10)12;1-2-9-7-12-13(9)11-6-4-3-5-10(11)8-14-12;1-2-8-7-9-5-3-4-6-10(8)9;1-2-7-5-8-3-4-10-6-9(7)8;1-2-7-6-8-4-3-5-10-9(7)8;1-2-6-3-7-4-9-5-10-8(6)7/h3-10,12H,2,11H2,1H3;3-6,8-10H,2,7H2,1H3;3-8,10H,2,9H2,1H3;3-6,8-9H,2,7H2,1H3;3-6,8H,2,7H2,1H3;3-4,6-7H,2,5H2,1H3;3-5,7H,2,6H2,1H3;4-6H,2-3H2,1H3. The molecule has 5 heteroatoms. The van der Waals surface area contributed by atoms with E-state index >= 15 is 0 Å². The maximum Gasteiger partial charge on any atom is 0.115 e. The Kier molecular flexibility index (Phi) is 21.2. The van der Waals surface area contributed by atoms with Gasteiger partial charge in [-0.2, -0.15) is 0 Å². The number of aromatic nitrogens is 5. The van der Waals surface area contributed by atoms with Gasteiger partial charge < -0.3 is 0 Å². The topological polar surface area (TPSA) is 64.5 Å². The van der Waals surface area contributed by atoms with Gasteiger partial charge in [0.2, 0.25) is 0 Å². The lowest BCUT2D eigenvalue weighted by atomic mass is 9.71. The van der Waals surface area contributed by atoms with Gasteiger partial charge in [0.05, 0.1) is 5.69 Å². The van der Waals surface area contributed by atoms with Crippen molar-refractivity contribution in [1.82, 2.24) is 24.9 Å². The monoisotopic (exact) mass is 1310 g/mol. The summed E-state index contributed by atoms with van der Waals surface area (Å²) in [7, 11) is 0. The van der Waals surface area contributed by atoms with Crippen molar-refractivity contribution < 1.29 is 0 Å². The molecule has 0 saturated heterocycles. The maximum absolute atomic E-state index is 4.49. The first kappa shape index (κ1) is 68.0. The van der Waals surface area contributed by atoms with Crippen molar-refractivity contribution in [3.8, 4) is 0 Å². The van der Waals surface area contributed by atoms with Crippen molar-refractivity contribution in [2.24, 2.45) is 0 Å². The maximum atomic E-state index is 4.49. The van der Waals surface area contributed by atoms with Gasteiger partial charge in [-0.1, -0.05) is 231 Å². The molecule has 506 valence electrons. The van der Waals surface area contributed by atoms with Gasteiger partial charge in [0, 0.05) is 59.6 Å². The Bertz CT molecular complexity index is 4690. The number of fused-ring (bicyclic) bond motifs is 18. The molecule has 0 saturated carbocycles. The van der Waals surface area contributed by atoms with E-state index in [1.807, 2.05) is 37.1 Å². The number of hydrogen-bond acceptors (Lipinski definition) is 5. The van der Waals surface area contributed by atoms with Crippen molar-refractivity contribution in [3.63, 3.8) is 0 Å². The van der Waals surface area contributed by atoms with Crippen LogP contribution in [0, 0.1) is 0 Å². The van der Waals surface area contributed by atoms with E-state index in [0.717, 1.165) is 47.3 Å². The van der Waals surface area contributed by atoms with Crippen LogP contribution < -0.4 is 0 Å². The van der Waals surface area contributed by atoms with E-state index in [9.17, 15) is 0 Å². The molecule has 8 aliphatic rings. The Morgan fingerprint density at radius 2 is 0.770 bits per heavy atom. The van der Waals surface area contributed by atoms with Crippen molar-refractivity contribution in [2.45, 2.75) is 205 Å². The van der Waals surface area contributed by atoms with Crippen LogP contribution in [0.3, 0.4) is 0 Å². The number of hydrogen-bond donors (Lipinski definition) is 0. The van der Waals surface area contributed by atoms with E-state index in [-0.39, 0.29) is 0 Å². The lowest BCUT2D eigenvalue weighted by Crippen LogP contribution is -2.18. The minimum Gasteiger partial charge on any atom is -0.264 e. The first-order valence-electron chi connectivity index (χ1n) is 38.3. The molecule has 0 fully saturated rings. The zero-order valence-electron chi connectivity index (χ0n) is 60.5. The summed E-state index contributed by atoms with van der Waals surface area (Å²) in [5.41, 5.74) is 23.9. The number of nitrogens with zero attached hydrogens (tertiary/aromatic N) is 5. The molecule has 0 radical (unpaired) electrons. The molecular formula is C95H101N5. The van der Waals surface area contributed by atoms with Gasteiger partial charge in [-0.25, -0.2) is 9.97 Å². The molecule has 100 heavy (non-hydrogen) atoms. The second kappa shape index (κ2) is 31.1. The molecule has 21 rings (SSSR count). The minimum atomic E-state index is 0.720. The summed E-state index contributed by atoms with van der Waals surface area (Å²) in [6.45, 7) is 18.1. The van der Waals surface area contributed by atoms with E-state index in [2.05, 4.69) is 262 Å². The second-order valence-corrected chi connectivity index (χ2v) is 29.2. The summed E-state index contributed by atoms with van der Waals surface area (Å²) >= 11 is 0. The van der Waals surface area contributed by atoms with Crippen LogP contribution in [0.25, 0.3) is 53.9 Å². The number of pyridine rings is 3. The van der Waals surface area contributed by atoms with E-state index in [4.69, 9.17) is 0 Å². The number of rotatable bonds is 8. The summed E-state index contributed by atoms with van der Waals surface area (Å²) in [5.74, 6) is 6.33. The average molecular weight is 1310 g/mol. The fraction of sp³-hybridized carbons (Fsp3) is 0.337. The van der Waals surface area contributed by atoms with Gasteiger partial charge in [0.1, 0.15) is 6.33 Å². The lowest BCUT2D eigenvalue weighted by molar-refractivity contribution is 0.559. The third-order valence-electron chi connectivity index (χ3n) is 23.8. The van der Waals surface area contributed by atoms with Gasteiger partial charge in [-0.05, 0) is 271 Å². The average Bonchev–Trinajstić information content (AvgIpc) is 0.729. The van der Waals surface area contributed by atoms with Crippen LogP contribution in [-0.2, 0) is 51.4 Å². The molecule has 0 bridgehead atoms. The third-order valence-corrected chi connectivity index (χ3v) is 23.8. The van der Waals surface area contributed by atoms with Gasteiger partial charge in [0.25, 0.3) is 0 Å². The van der Waals surface area contributed by atoms with Crippen LogP contribution in [0.4, 0.5) is 0 Å². The van der Waals surface area contributed by atoms with Crippen LogP contribution in [0.1, 0.15) is 244 Å². The van der Waals surface area contributed by atoms with Crippen molar-refractivity contribution in [2.75, 3.05) is 0 Å². The Hall–Kier alpha value is -9.19. The summed E-state index contributed by atoms with van der Waals surface area (Å²) in [6.07, 6.45) is 31.5. The Morgan fingerprint density at radius 1 is 0.270 bits per heavy atom. The van der Waals surface area contributed by atoms with E-state index in [1.165, 1.54) is 201 Å². The molecule has 8 aliphatic carbocycles. The van der Waals surface area contributed by atoms with Crippen molar-refractivity contribution in [3.05, 3.63) is 315 Å². The zero-order valence-corrected chi connectivity index (χ0v) is 60.5. The highest BCUT2D eigenvalue weighted by Gasteiger charge is 2.32. The molecule has 4 heterocycles. The highest BCUT2D eigenvalue weighted by molar-refractivity contribution is 6.12. The molecule has 0 N–H and O–H groups in total. The smallest absolute Gasteiger partial charge is 0.115 e. The molecule has 5 nitrogen and oxygen atoms in total. The van der Waals surface area contributed by atoms with Crippen molar-refractivity contribution >= 4 is 53.9 Å². The van der Waals surface area contributed by atoms with E-state index < -0.39 is 0 Å². The Labute approximate surface area is 595 Å². The molecule has 8 unspecified atom stereocenters. The lowest BCUT2D eigenvalue weighted by Gasteiger charge is -2.33. The normalized spacial score (nSPS) is 19.8. The summed E-state index contributed by atoms with van der Waals surface area (Å²) in [5, 5.41) is 14.1. The van der Waals surface area contributed by atoms with Crippen LogP contribution in [0.15, 0.2) is 225 Å². The Morgan fingerprint density at radius 3 is 1.44 bits per heavy atom. The van der Waals surface area contributed by atoms with Gasteiger partial charge >= 0.3 is 0 Å². The molecule has 0 aliphatic heterocycles. The molecule has 9 aromatic carbocycles. The first-order chi connectivity index (χ1) is 49.2. The van der Waals surface area contributed by atoms with Gasteiger partial charge in [-0.3, -0.25) is 15.0 Å². The number of benzene rings is 9. The predicted molar refractivity (Wildman–Crippen MR) is 422 cm³/mol. The molecule has 0 amide bonds. The molecular weight excluding hydrogens is 1210 g/mol. The largest absolute Gasteiger partial charge is 0.264 e. The molecule has 4 aromatic heterocycles. The minimum absolute atomic E-state index is 0.720. The highest BCUT2D eigenvalue weighted by atomic mass is 14.8. The van der Waals surface area contributed by atoms with Crippen LogP contribution in [-0.4, -0.2) is 24.9 Å². The van der Waals surface area contributed by atoms with Gasteiger partial charge in [0.15, 0.2) is 0 Å². The fourth-order valence-electron chi connectivity index (χ4n) is 17.3. The van der Waals surface area contributed by atoms with Crippen LogP contribution in [0.2, 0.25) is 0 Å². The highest BCUT2D eigenvalue weighted by Crippen LogP contribution is 2.48. The molecule has 0 spiro atoms. The summed E-state index contributed by atoms with van der Waals surface area (Å²) < 4.78 is 0. The fourth-order valence-corrected chi connectivity index (χ4v) is 17.3. The van der Waals surface area contributed by atoms with Gasteiger partial charge in [-0.15, -0.1) is 0 Å². The first-order valence-corrected chi connectivity index (χ1v) is 38.3. The molecule has 13 aromatic rings. The molecule has 8 atom stereocenters. The second-order valence-electron chi connectivity index (χ2n) is 29.2. The third kappa shape index (κ3) is 13.7. The van der Waals surface area contributed by atoms with Crippen LogP contribution >= 0.6 is 0 Å². The van der Waals surface area contributed by atoms with Crippen LogP contribution in [0.5, 0.6) is 0 Å². The summed E-state index contributed by atoms with van der Waals surface area (Å²) in [4.78, 5) is 21.1. The van der Waals surface area contributed by atoms with E-state index in [1.54, 1.807) is 50.8 Å².